The van der Waals surface area contributed by atoms with Crippen LogP contribution in [-0.2, 0) is 70.4 Å². The van der Waals surface area contributed by atoms with Gasteiger partial charge in [0.05, 0.1) is 47.0 Å². The third kappa shape index (κ3) is 27.3. The molecule has 10 aromatic rings. The molecule has 10 amide bonds. The van der Waals surface area contributed by atoms with E-state index < -0.39 is 105 Å². The van der Waals surface area contributed by atoms with Gasteiger partial charge in [-0.25, -0.2) is 27.3 Å². The van der Waals surface area contributed by atoms with Gasteiger partial charge in [0.25, 0.3) is 17.7 Å². The molecule has 792 valence electrons. The van der Waals surface area contributed by atoms with E-state index in [0.717, 1.165) is 179 Å². The van der Waals surface area contributed by atoms with E-state index in [4.69, 9.17) is 16.5 Å². The molecule has 0 spiro atoms. The molecule has 0 aromatic heterocycles. The van der Waals surface area contributed by atoms with Gasteiger partial charge in [0.2, 0.25) is 47.5 Å². The molecule has 4 aliphatic carbocycles. The van der Waals surface area contributed by atoms with E-state index >= 15 is 0 Å². The maximum Gasteiger partial charge on any atom is 0.329 e. The lowest BCUT2D eigenvalue weighted by Gasteiger charge is -2.37. The lowest BCUT2D eigenvalue weighted by molar-refractivity contribution is -0.155. The summed E-state index contributed by atoms with van der Waals surface area (Å²) in [7, 11) is 6.87. The number of carbonyl (C=O) groups is 12. The summed E-state index contributed by atoms with van der Waals surface area (Å²) in [6.45, 7) is 9.49. The number of para-hydroxylation sites is 4. The van der Waals surface area contributed by atoms with E-state index in [2.05, 4.69) is 64.6 Å². The second-order valence-corrected chi connectivity index (χ2v) is 39.6. The quantitative estimate of drug-likeness (QED) is 0.0223. The van der Waals surface area contributed by atoms with Crippen LogP contribution in [0.4, 0.5) is 40.3 Å². The third-order valence-electron chi connectivity index (χ3n) is 28.4. The molecule has 10 aromatic carbocycles. The summed E-state index contributed by atoms with van der Waals surface area (Å²) in [5, 5.41) is 35.5. The van der Waals surface area contributed by atoms with Gasteiger partial charge < -0.3 is 73.2 Å². The van der Waals surface area contributed by atoms with Crippen LogP contribution in [0.15, 0.2) is 253 Å². The van der Waals surface area contributed by atoms with Gasteiger partial charge in [-0.15, -0.1) is 0 Å². The summed E-state index contributed by atoms with van der Waals surface area (Å²) in [6, 6.07) is 69.8. The Hall–Kier alpha value is -15.2. The highest BCUT2D eigenvalue weighted by Gasteiger charge is 2.52. The predicted octanol–water partition coefficient (Wildman–Crippen LogP) is 18.1. The number of hydrogen-bond acceptors (Lipinski definition) is 16. The standard InChI is InChI=1S/C31H30F2N4O3.C27H33N3O3.C16H15N3O.C15H17F2NO3.C15H14N2O.C12H21NO3.2CH4/c1-37-25-13-7-6-12-24(25)27(21-10-4-2-5-11-21)34-28(29(37)39)35-30(40)31(14-8-3-9-15-31)36-26(38)18-20-16-22(32)19-23(33)17-20;1-18(2)14-17-28-25(32)27(15-8-9-16-27)26(33)29-23-21-12-5-4-10-19(21)20-11-6-7-13-22(20)30(3)24(23)31;1-19-13-10-6-5-9-12(13)14(18-15(17)16(19)20)11-7-3-2-4-8-11;16-11-6-10(7-12(17)9-11)8-13(19)18-15(14(20)21)4-2-1-3-5-15;1-17-13-9-5-4-7-11(13)10-6-2-3-8-12(10)14(16)15(17)18;1-9(2)5-8-13-10(14)12(11(15)16)6-3-4-7-12;;/h2,4-7,10-13,16-17,19,28H,3,8-9,14-15,18H2,1H3,(H,35,40)(H,36,38);4-7,10-13,18,23H,8-9,14-17H2,1-3H3,(H,28,32)(H,29,33);2-10,15H,17H2,1H3;6-7,9H,1-5,8H2,(H,18,19)(H,20,21);2-9,14H,16H2,1H3;9H,3-8H2,1-2H3,(H,13,14)(H,15,16);2*1H4/t28-;;15-;;14-;;;/m1.0.0.../s1. The number of nitrogens with zero attached hydrogens (tertiary/aromatic N) is 6. The summed E-state index contributed by atoms with van der Waals surface area (Å²) in [5.74, 6) is -7.48. The number of rotatable bonds is 22. The number of nitrogens with one attached hydrogen (secondary N) is 6. The van der Waals surface area contributed by atoms with Crippen molar-refractivity contribution >= 4 is 105 Å². The zero-order valence-corrected chi connectivity index (χ0v) is 84.7. The molecule has 4 heterocycles. The fourth-order valence-electron chi connectivity index (χ4n) is 20.3. The Morgan fingerprint density at radius 1 is 0.367 bits per heavy atom. The van der Waals surface area contributed by atoms with Crippen molar-refractivity contribution in [3.8, 4) is 22.3 Å². The van der Waals surface area contributed by atoms with Gasteiger partial charge in [0.1, 0.15) is 57.3 Å². The average Bonchev–Trinajstić information content (AvgIpc) is 1.63. The molecule has 28 nitrogen and oxygen atoms in total. The molecule has 0 radical (unpaired) electrons. The summed E-state index contributed by atoms with van der Waals surface area (Å²) < 4.78 is 53.5. The van der Waals surface area contributed by atoms with Gasteiger partial charge in [-0.1, -0.05) is 289 Å². The number of aliphatic carboxylic acids is 2. The van der Waals surface area contributed by atoms with Crippen molar-refractivity contribution in [2.24, 2.45) is 44.1 Å². The Balaban J connectivity index is 0.000000176. The molecule has 18 rings (SSSR count). The van der Waals surface area contributed by atoms with E-state index in [1.54, 1.807) is 42.9 Å². The summed E-state index contributed by atoms with van der Waals surface area (Å²) in [6.07, 6.45) is 10.6. The first kappa shape index (κ1) is 115. The van der Waals surface area contributed by atoms with Gasteiger partial charge in [-0.3, -0.25) is 57.7 Å². The minimum Gasteiger partial charge on any atom is -0.480 e. The number of carbonyl (C=O) groups excluding carboxylic acids is 10. The van der Waals surface area contributed by atoms with Gasteiger partial charge in [-0.2, -0.15) is 0 Å². The van der Waals surface area contributed by atoms with Gasteiger partial charge in [0.15, 0.2) is 6.17 Å². The maximum absolute atomic E-state index is 13.9. The van der Waals surface area contributed by atoms with Crippen molar-refractivity contribution in [3.63, 3.8) is 0 Å². The van der Waals surface area contributed by atoms with Crippen LogP contribution >= 0.6 is 0 Å². The van der Waals surface area contributed by atoms with E-state index in [9.17, 15) is 85.3 Å². The molecule has 0 bridgehead atoms. The Labute approximate surface area is 874 Å². The zero-order valence-electron chi connectivity index (χ0n) is 84.7. The fourth-order valence-corrected chi connectivity index (χ4v) is 20.3. The number of fused-ring (bicyclic) bond motifs is 8. The third-order valence-corrected chi connectivity index (χ3v) is 28.4. The monoisotopic (exact) mass is 2050 g/mol. The molecule has 12 N–H and O–H groups in total. The molecular weight excluding hydrogens is 1910 g/mol. The number of halogens is 4. The van der Waals surface area contributed by atoms with Crippen LogP contribution in [0.3, 0.4) is 0 Å². The molecule has 1 unspecified atom stereocenters. The van der Waals surface area contributed by atoms with Gasteiger partial charge >= 0.3 is 11.9 Å². The molecule has 4 atom stereocenters. The molecular formula is C118H138F4N14O14. The molecule has 150 heavy (non-hydrogen) atoms. The topological polar surface area (TPSA) is 407 Å². The minimum atomic E-state index is -1.28. The molecule has 8 aliphatic rings. The number of aliphatic imine (C=N–C) groups is 2. The molecule has 32 heteroatoms. The normalized spacial score (nSPS) is 18.1. The van der Waals surface area contributed by atoms with Crippen LogP contribution < -0.4 is 63.0 Å². The van der Waals surface area contributed by atoms with Crippen LogP contribution in [0.5, 0.6) is 0 Å². The highest BCUT2D eigenvalue weighted by molar-refractivity contribution is 6.22. The van der Waals surface area contributed by atoms with Gasteiger partial charge in [-0.05, 0) is 158 Å². The van der Waals surface area contributed by atoms with Crippen molar-refractivity contribution in [1.82, 2.24) is 31.9 Å². The number of amides is 10. The number of anilines is 4. The molecule has 4 aliphatic heterocycles. The Bertz CT molecular complexity index is 6480. The van der Waals surface area contributed by atoms with Crippen LogP contribution in [0, 0.1) is 45.9 Å². The number of nitrogens with two attached hydrogens (primary N) is 2. The first-order valence-electron chi connectivity index (χ1n) is 50.5. The number of hydrogen-bond donors (Lipinski definition) is 10. The van der Waals surface area contributed by atoms with Crippen molar-refractivity contribution in [1.29, 1.82) is 0 Å². The predicted molar refractivity (Wildman–Crippen MR) is 576 cm³/mol. The Morgan fingerprint density at radius 3 is 1.14 bits per heavy atom. The highest BCUT2D eigenvalue weighted by atomic mass is 19.1. The number of carboxylic acids is 2. The second kappa shape index (κ2) is 52.1. The Morgan fingerprint density at radius 2 is 0.707 bits per heavy atom. The number of carboxylic acid groups (broad SMARTS) is 2. The average molecular weight is 2050 g/mol. The Kier molecular flexibility index (Phi) is 40.0. The van der Waals surface area contributed by atoms with E-state index in [1.165, 1.54) is 4.90 Å². The van der Waals surface area contributed by atoms with Crippen LogP contribution in [0.25, 0.3) is 22.3 Å². The zero-order chi connectivity index (χ0) is 106. The summed E-state index contributed by atoms with van der Waals surface area (Å²) >= 11 is 0. The van der Waals surface area contributed by atoms with Crippen LogP contribution in [0.1, 0.15) is 228 Å². The number of benzene rings is 10. The SMILES string of the molecule is C.C.CC(C)CCNC(=O)C1(C(=O)NC2C(=O)N(C)c3ccccc3-c3ccccc32)CCCC1.CC(C)CCNC(=O)C1(C(=O)O)CCCC1.CN1C(=O)[C@@H](N)N=C(c2ccccc2)c2ccccc21.CN1C(=O)[C@@H](N)c2ccccc2-c2ccccc21.CN1C(=O)[C@@H](NC(=O)C2(NC(=O)Cc3cc(F)cc(F)c3)CCCCC2)N=C(c2ccccc2)c2ccccc21.O=C(Cc1cc(F)cc(F)c1)NC1(C(=O)O)CCCCC1. The summed E-state index contributed by atoms with van der Waals surface area (Å²) in [5.41, 5.74) is 21.1. The minimum absolute atomic E-state index is 0. The molecule has 0 saturated heterocycles. The first-order valence-corrected chi connectivity index (χ1v) is 50.5. The van der Waals surface area contributed by atoms with Crippen molar-refractivity contribution in [2.45, 2.75) is 219 Å². The number of benzodiazepines with no additional fused rings is 2. The fraction of sp³-hybridized carbons (Fsp3) is 0.373. The highest BCUT2D eigenvalue weighted by Crippen LogP contribution is 2.45. The van der Waals surface area contributed by atoms with E-state index in [0.29, 0.717) is 101 Å². The maximum atomic E-state index is 13.9. The van der Waals surface area contributed by atoms with Crippen molar-refractivity contribution in [3.05, 3.63) is 310 Å². The first-order chi connectivity index (χ1) is 70.9. The largest absolute Gasteiger partial charge is 0.480 e. The van der Waals surface area contributed by atoms with E-state index in [-0.39, 0.29) is 74.3 Å². The van der Waals surface area contributed by atoms with Gasteiger partial charge in [0, 0.05) is 86.8 Å². The van der Waals surface area contributed by atoms with Crippen molar-refractivity contribution in [2.75, 3.05) is 60.9 Å². The van der Waals surface area contributed by atoms with Crippen LogP contribution in [0.2, 0.25) is 0 Å². The lowest BCUT2D eigenvalue weighted by Crippen LogP contribution is -2.62. The van der Waals surface area contributed by atoms with Crippen molar-refractivity contribution < 1.29 is 85.3 Å². The lowest BCUT2D eigenvalue weighted by atomic mass is 9.80. The smallest absolute Gasteiger partial charge is 0.329 e. The van der Waals surface area contributed by atoms with Crippen LogP contribution in [-0.4, -0.2) is 157 Å². The summed E-state index contributed by atoms with van der Waals surface area (Å²) in [4.78, 5) is 167. The second-order valence-electron chi connectivity index (χ2n) is 39.6. The molecule has 4 fully saturated rings. The number of likely N-dealkylation sites (N-methyl/N-ethyl adjacent to an activating group) is 4. The molecule has 4 saturated carbocycles. The van der Waals surface area contributed by atoms with E-state index in [1.807, 2.05) is 206 Å².